The van der Waals surface area contributed by atoms with Crippen LogP contribution in [-0.4, -0.2) is 28.2 Å². The lowest BCUT2D eigenvalue weighted by molar-refractivity contribution is -0.137. The lowest BCUT2D eigenvalue weighted by Crippen LogP contribution is -2.46. The van der Waals surface area contributed by atoms with Gasteiger partial charge in [0.15, 0.2) is 6.61 Å². The van der Waals surface area contributed by atoms with Crippen molar-refractivity contribution < 1.29 is 27.5 Å². The molecule has 3 aromatic rings. The molecule has 2 N–H and O–H groups in total. The number of halogens is 3. The summed E-state index contributed by atoms with van der Waals surface area (Å²) in [6, 6.07) is 10.8. The van der Waals surface area contributed by atoms with E-state index in [9.17, 15) is 27.6 Å². The Morgan fingerprint density at radius 2 is 1.77 bits per heavy atom. The molecule has 11 heteroatoms. The fraction of sp³-hybridized carbons (Fsp3) is 0.158. The number of hydrazine groups is 1. The molecule has 8 nitrogen and oxygen atoms in total. The van der Waals surface area contributed by atoms with Gasteiger partial charge in [-0.3, -0.25) is 25.2 Å². The summed E-state index contributed by atoms with van der Waals surface area (Å²) in [5, 5.41) is 4.90. The molecule has 0 aliphatic carbocycles. The predicted molar refractivity (Wildman–Crippen MR) is 99.2 cm³/mol. The molecule has 0 aliphatic rings. The van der Waals surface area contributed by atoms with Crippen molar-refractivity contribution in [3.05, 3.63) is 70.6 Å². The second-order valence-corrected chi connectivity index (χ2v) is 6.11. The number of rotatable bonds is 5. The van der Waals surface area contributed by atoms with E-state index in [0.717, 1.165) is 22.9 Å². The van der Waals surface area contributed by atoms with Crippen LogP contribution in [0.5, 0.6) is 5.75 Å². The Bertz CT molecular complexity index is 1140. The van der Waals surface area contributed by atoms with Gasteiger partial charge in [0.1, 0.15) is 12.3 Å². The number of carbonyl (C=O) groups is 2. The van der Waals surface area contributed by atoms with E-state index >= 15 is 0 Å². The number of hydrogen-bond donors (Lipinski definition) is 2. The van der Waals surface area contributed by atoms with Crippen LogP contribution in [0.1, 0.15) is 5.56 Å². The monoisotopic (exact) mass is 420 g/mol. The minimum Gasteiger partial charge on any atom is -0.484 e. The Hall–Kier alpha value is -3.89. The van der Waals surface area contributed by atoms with Crippen LogP contribution in [0.25, 0.3) is 10.8 Å². The SMILES string of the molecule is O=C(COc1cccc(C(F)(F)F)c1)NNC(=O)Cn1ncc2ccccc2c1=O. The Labute approximate surface area is 167 Å². The highest BCUT2D eigenvalue weighted by Crippen LogP contribution is 2.31. The summed E-state index contributed by atoms with van der Waals surface area (Å²) in [5.74, 6) is -1.69. The standard InChI is InChI=1S/C19H15F3N4O4/c20-19(21,22)13-5-3-6-14(8-13)30-11-17(28)25-24-16(27)10-26-18(29)15-7-2-1-4-12(15)9-23-26/h1-9H,10-11H2,(H,24,27)(H,25,28). The van der Waals surface area contributed by atoms with Crippen LogP contribution in [-0.2, 0) is 22.3 Å². The number of aromatic nitrogens is 2. The fourth-order valence-corrected chi connectivity index (χ4v) is 2.50. The minimum absolute atomic E-state index is 0.154. The van der Waals surface area contributed by atoms with E-state index < -0.39 is 42.3 Å². The van der Waals surface area contributed by atoms with Crippen LogP contribution in [0, 0.1) is 0 Å². The molecular formula is C19H15F3N4O4. The van der Waals surface area contributed by atoms with E-state index in [1.54, 1.807) is 24.3 Å². The summed E-state index contributed by atoms with van der Waals surface area (Å²) in [5.41, 5.74) is 2.74. The molecule has 0 saturated heterocycles. The molecule has 0 unspecified atom stereocenters. The first-order valence-corrected chi connectivity index (χ1v) is 8.56. The molecule has 156 valence electrons. The van der Waals surface area contributed by atoms with Crippen molar-refractivity contribution >= 4 is 22.6 Å². The van der Waals surface area contributed by atoms with Crippen LogP contribution in [0.15, 0.2) is 59.5 Å². The first-order chi connectivity index (χ1) is 14.2. The van der Waals surface area contributed by atoms with Crippen molar-refractivity contribution in [1.82, 2.24) is 20.6 Å². The van der Waals surface area contributed by atoms with Crippen LogP contribution in [0.4, 0.5) is 13.2 Å². The number of carbonyl (C=O) groups excluding carboxylic acids is 2. The second-order valence-electron chi connectivity index (χ2n) is 6.11. The van der Waals surface area contributed by atoms with Crippen molar-refractivity contribution in [3.63, 3.8) is 0 Å². The quantitative estimate of drug-likeness (QED) is 0.611. The smallest absolute Gasteiger partial charge is 0.416 e. The van der Waals surface area contributed by atoms with Crippen LogP contribution in [0.3, 0.4) is 0 Å². The first-order valence-electron chi connectivity index (χ1n) is 8.56. The molecule has 0 saturated carbocycles. The molecule has 3 rings (SSSR count). The lowest BCUT2D eigenvalue weighted by atomic mass is 10.2. The van der Waals surface area contributed by atoms with Gasteiger partial charge in [-0.15, -0.1) is 0 Å². The van der Waals surface area contributed by atoms with Gasteiger partial charge < -0.3 is 4.74 Å². The number of nitrogens with zero attached hydrogens (tertiary/aromatic N) is 2. The van der Waals surface area contributed by atoms with Crippen molar-refractivity contribution in [2.75, 3.05) is 6.61 Å². The molecule has 0 spiro atoms. The highest BCUT2D eigenvalue weighted by Gasteiger charge is 2.30. The van der Waals surface area contributed by atoms with Gasteiger partial charge in [-0.2, -0.15) is 18.3 Å². The number of nitrogens with one attached hydrogen (secondary N) is 2. The molecule has 1 heterocycles. The number of alkyl halides is 3. The molecule has 30 heavy (non-hydrogen) atoms. The molecule has 1 aromatic heterocycles. The maximum absolute atomic E-state index is 12.7. The average molecular weight is 420 g/mol. The van der Waals surface area contributed by atoms with Crippen LogP contribution in [0.2, 0.25) is 0 Å². The Morgan fingerprint density at radius 3 is 2.53 bits per heavy atom. The molecule has 0 fully saturated rings. The summed E-state index contributed by atoms with van der Waals surface area (Å²) in [4.78, 5) is 36.0. The van der Waals surface area contributed by atoms with Crippen LogP contribution >= 0.6 is 0 Å². The topological polar surface area (TPSA) is 102 Å². The second kappa shape index (κ2) is 8.64. The minimum atomic E-state index is -4.54. The van der Waals surface area contributed by atoms with Gasteiger partial charge in [-0.1, -0.05) is 24.3 Å². The van der Waals surface area contributed by atoms with Crippen molar-refractivity contribution in [3.8, 4) is 5.75 Å². The summed E-state index contributed by atoms with van der Waals surface area (Å²) >= 11 is 0. The normalized spacial score (nSPS) is 11.2. The van der Waals surface area contributed by atoms with E-state index in [1.165, 1.54) is 12.3 Å². The zero-order chi connectivity index (χ0) is 21.7. The van der Waals surface area contributed by atoms with E-state index in [1.807, 2.05) is 5.43 Å². The summed E-state index contributed by atoms with van der Waals surface area (Å²) in [6.45, 7) is -1.08. The van der Waals surface area contributed by atoms with E-state index in [2.05, 4.69) is 10.5 Å². The highest BCUT2D eigenvalue weighted by molar-refractivity contribution is 5.83. The summed E-state index contributed by atoms with van der Waals surface area (Å²) in [6.07, 6.45) is -3.10. The zero-order valence-electron chi connectivity index (χ0n) is 15.3. The van der Waals surface area contributed by atoms with Crippen molar-refractivity contribution in [1.29, 1.82) is 0 Å². The van der Waals surface area contributed by atoms with Gasteiger partial charge in [0.05, 0.1) is 17.1 Å². The zero-order valence-corrected chi connectivity index (χ0v) is 15.3. The third-order valence-corrected chi connectivity index (χ3v) is 3.93. The van der Waals surface area contributed by atoms with Gasteiger partial charge in [0.25, 0.3) is 17.4 Å². The molecule has 2 amide bonds. The molecule has 0 aliphatic heterocycles. The van der Waals surface area contributed by atoms with Crippen LogP contribution < -0.4 is 21.1 Å². The van der Waals surface area contributed by atoms with E-state index in [4.69, 9.17) is 4.74 Å². The number of fused-ring (bicyclic) bond motifs is 1. The Kier molecular flexibility index (Phi) is 6.00. The third kappa shape index (κ3) is 5.13. The van der Waals surface area contributed by atoms with Gasteiger partial charge in [0, 0.05) is 5.39 Å². The molecule has 0 atom stereocenters. The van der Waals surface area contributed by atoms with Crippen molar-refractivity contribution in [2.45, 2.75) is 12.7 Å². The van der Waals surface area contributed by atoms with Gasteiger partial charge in [0.2, 0.25) is 0 Å². The first kappa shape index (κ1) is 20.8. The summed E-state index contributed by atoms with van der Waals surface area (Å²) < 4.78 is 43.9. The fourth-order valence-electron chi connectivity index (χ4n) is 2.50. The van der Waals surface area contributed by atoms with Gasteiger partial charge >= 0.3 is 6.18 Å². The maximum atomic E-state index is 12.7. The molecule has 0 bridgehead atoms. The average Bonchev–Trinajstić information content (AvgIpc) is 2.72. The summed E-state index contributed by atoms with van der Waals surface area (Å²) in [7, 11) is 0. The number of amides is 2. The molecule has 0 radical (unpaired) electrons. The van der Waals surface area contributed by atoms with E-state index in [-0.39, 0.29) is 5.75 Å². The Balaban J connectivity index is 1.51. The highest BCUT2D eigenvalue weighted by atomic mass is 19.4. The number of hydrogen-bond acceptors (Lipinski definition) is 5. The molecule has 2 aromatic carbocycles. The van der Waals surface area contributed by atoms with Gasteiger partial charge in [-0.05, 0) is 24.3 Å². The molecular weight excluding hydrogens is 405 g/mol. The third-order valence-electron chi connectivity index (χ3n) is 3.93. The Morgan fingerprint density at radius 1 is 1.03 bits per heavy atom. The number of benzene rings is 2. The van der Waals surface area contributed by atoms with E-state index in [0.29, 0.717) is 10.8 Å². The lowest BCUT2D eigenvalue weighted by Gasteiger charge is -2.11. The largest absolute Gasteiger partial charge is 0.484 e. The van der Waals surface area contributed by atoms with Crippen molar-refractivity contribution in [2.24, 2.45) is 0 Å². The van der Waals surface area contributed by atoms with Gasteiger partial charge in [-0.25, -0.2) is 4.68 Å². The number of ether oxygens (including phenoxy) is 1. The maximum Gasteiger partial charge on any atom is 0.416 e. The predicted octanol–water partition coefficient (Wildman–Crippen LogP) is 1.64.